The molecule has 1 amide bonds. The highest BCUT2D eigenvalue weighted by Crippen LogP contribution is 2.23. The fraction of sp³-hybridized carbons (Fsp3) is 0.833. The number of aliphatic hydroxyl groups excluding tert-OH is 5. The number of carbonyl (C=O) groups is 1. The van der Waals surface area contributed by atoms with Gasteiger partial charge in [-0.3, -0.25) is 4.79 Å². The van der Waals surface area contributed by atoms with Gasteiger partial charge in [0.2, 0.25) is 5.91 Å². The zero-order valence-electron chi connectivity index (χ0n) is 48.8. The van der Waals surface area contributed by atoms with Gasteiger partial charge in [-0.05, 0) is 70.6 Å². The van der Waals surface area contributed by atoms with Gasteiger partial charge in [0, 0.05) is 6.42 Å². The van der Waals surface area contributed by atoms with E-state index in [-0.39, 0.29) is 12.5 Å². The molecule has 0 bridgehead atoms. The molecule has 0 spiro atoms. The van der Waals surface area contributed by atoms with E-state index >= 15 is 0 Å². The Bertz CT molecular complexity index is 1360. The van der Waals surface area contributed by atoms with Gasteiger partial charge in [-0.25, -0.2) is 0 Å². The fourth-order valence-electron chi connectivity index (χ4n) is 10.0. The second-order valence-electron chi connectivity index (χ2n) is 22.2. The number of aliphatic hydroxyl groups is 5. The Kier molecular flexibility index (Phi) is 52.2. The van der Waals surface area contributed by atoms with Gasteiger partial charge >= 0.3 is 0 Å². The molecule has 1 fully saturated rings. The maximum absolute atomic E-state index is 13.1. The number of nitrogens with one attached hydrogen (secondary N) is 1. The molecule has 0 aromatic carbocycles. The number of rotatable bonds is 55. The zero-order chi connectivity index (χ0) is 54.3. The molecule has 1 heterocycles. The molecule has 7 atom stereocenters. The van der Waals surface area contributed by atoms with E-state index < -0.39 is 49.5 Å². The van der Waals surface area contributed by atoms with E-state index in [0.29, 0.717) is 6.42 Å². The minimum Gasteiger partial charge on any atom is -0.394 e. The van der Waals surface area contributed by atoms with Crippen molar-refractivity contribution >= 4 is 5.91 Å². The molecule has 1 aliphatic rings. The Morgan fingerprint density at radius 3 is 1.21 bits per heavy atom. The summed E-state index contributed by atoms with van der Waals surface area (Å²) in [7, 11) is 0. The van der Waals surface area contributed by atoms with Crippen molar-refractivity contribution < 1.29 is 39.8 Å². The topological polar surface area (TPSA) is 149 Å². The van der Waals surface area contributed by atoms with E-state index in [9.17, 15) is 30.3 Å². The first-order chi connectivity index (χ1) is 36.8. The van der Waals surface area contributed by atoms with Gasteiger partial charge in [0.05, 0.1) is 25.4 Å². The summed E-state index contributed by atoms with van der Waals surface area (Å²) in [6, 6.07) is -0.824. The molecular formula is C66H121NO8. The molecule has 1 saturated heterocycles. The summed E-state index contributed by atoms with van der Waals surface area (Å²) in [6.45, 7) is 3.78. The van der Waals surface area contributed by atoms with Crippen LogP contribution in [0.15, 0.2) is 60.8 Å². The maximum Gasteiger partial charge on any atom is 0.220 e. The van der Waals surface area contributed by atoms with Gasteiger partial charge in [-0.2, -0.15) is 0 Å². The second-order valence-corrected chi connectivity index (χ2v) is 22.2. The highest BCUT2D eigenvalue weighted by molar-refractivity contribution is 5.76. The lowest BCUT2D eigenvalue weighted by molar-refractivity contribution is -0.302. The van der Waals surface area contributed by atoms with E-state index in [4.69, 9.17) is 9.47 Å². The van der Waals surface area contributed by atoms with E-state index in [1.54, 1.807) is 6.08 Å². The van der Waals surface area contributed by atoms with E-state index in [1.807, 2.05) is 6.08 Å². The summed E-state index contributed by atoms with van der Waals surface area (Å²) in [5.74, 6) is -0.184. The van der Waals surface area contributed by atoms with Gasteiger partial charge < -0.3 is 40.3 Å². The zero-order valence-corrected chi connectivity index (χ0v) is 48.8. The predicted molar refractivity (Wildman–Crippen MR) is 318 cm³/mol. The van der Waals surface area contributed by atoms with Crippen LogP contribution in [0.3, 0.4) is 0 Å². The highest BCUT2D eigenvalue weighted by atomic mass is 16.7. The van der Waals surface area contributed by atoms with Crippen LogP contribution in [0.1, 0.15) is 296 Å². The number of unbranched alkanes of at least 4 members (excludes halogenated alkanes) is 37. The molecule has 0 aliphatic carbocycles. The third-order valence-corrected chi connectivity index (χ3v) is 15.1. The van der Waals surface area contributed by atoms with Crippen LogP contribution in [0.25, 0.3) is 0 Å². The van der Waals surface area contributed by atoms with Crippen LogP contribution in [0.2, 0.25) is 0 Å². The van der Waals surface area contributed by atoms with E-state index in [1.165, 1.54) is 225 Å². The van der Waals surface area contributed by atoms with Crippen molar-refractivity contribution in [3.05, 3.63) is 60.8 Å². The molecule has 0 saturated carbocycles. The minimum atomic E-state index is -1.57. The van der Waals surface area contributed by atoms with Gasteiger partial charge in [-0.1, -0.05) is 280 Å². The molecule has 9 heteroatoms. The van der Waals surface area contributed by atoms with Crippen molar-refractivity contribution in [3.63, 3.8) is 0 Å². The summed E-state index contributed by atoms with van der Waals surface area (Å²) in [6.07, 6.45) is 68.8. The molecule has 9 nitrogen and oxygen atoms in total. The average Bonchev–Trinajstić information content (AvgIpc) is 3.41. The van der Waals surface area contributed by atoms with Crippen LogP contribution in [0.5, 0.6) is 0 Å². The largest absolute Gasteiger partial charge is 0.394 e. The molecule has 75 heavy (non-hydrogen) atoms. The standard InChI is InChI=1S/C66H121NO8/c1-3-5-7-9-11-13-15-17-19-21-23-25-26-27-28-29-30-31-32-33-34-36-38-40-42-44-46-48-50-52-54-56-62(70)67-59(58-74-66-65(73)64(72)63(71)61(57-68)75-66)60(69)55-53-51-49-47-45-43-41-39-37-35-24-22-20-18-16-14-12-10-8-6-4-2/h15,17,21,23,26-27,45,47,53,55,59-61,63-66,68-69,71-73H,3-14,16,18-20,22,24-25,28-44,46,48-52,54,56-58H2,1-2H3,(H,67,70)/b17-15-,23-21-,27-26-,47-45+,55-53+. The minimum absolute atomic E-state index is 0.184. The molecule has 0 aromatic heterocycles. The second kappa shape index (κ2) is 55.2. The number of ether oxygens (including phenoxy) is 2. The summed E-state index contributed by atoms with van der Waals surface area (Å²) in [5.41, 5.74) is 0. The molecular weight excluding hydrogens is 935 g/mol. The van der Waals surface area contributed by atoms with Crippen molar-refractivity contribution in [1.29, 1.82) is 0 Å². The summed E-state index contributed by atoms with van der Waals surface area (Å²) in [5, 5.41) is 54.6. The monoisotopic (exact) mass is 1060 g/mol. The maximum atomic E-state index is 13.1. The van der Waals surface area contributed by atoms with Crippen LogP contribution >= 0.6 is 0 Å². The Hall–Kier alpha value is -2.11. The Morgan fingerprint density at radius 1 is 0.453 bits per heavy atom. The third kappa shape index (κ3) is 44.4. The lowest BCUT2D eigenvalue weighted by Gasteiger charge is -2.40. The van der Waals surface area contributed by atoms with Crippen LogP contribution in [0, 0.1) is 0 Å². The molecule has 438 valence electrons. The Balaban J connectivity index is 2.18. The normalized spacial score (nSPS) is 19.3. The molecule has 7 unspecified atom stereocenters. The highest BCUT2D eigenvalue weighted by Gasteiger charge is 2.44. The number of amides is 1. The quantitative estimate of drug-likeness (QED) is 0.0261. The summed E-state index contributed by atoms with van der Waals surface area (Å²) < 4.78 is 11.3. The first-order valence-corrected chi connectivity index (χ1v) is 32.0. The molecule has 1 rings (SSSR count). The molecule has 0 radical (unpaired) electrons. The molecule has 0 aromatic rings. The van der Waals surface area contributed by atoms with Crippen LogP contribution in [-0.4, -0.2) is 87.5 Å². The van der Waals surface area contributed by atoms with Crippen LogP contribution < -0.4 is 5.32 Å². The first kappa shape index (κ1) is 70.9. The third-order valence-electron chi connectivity index (χ3n) is 15.1. The Morgan fingerprint density at radius 2 is 0.800 bits per heavy atom. The average molecular weight is 1060 g/mol. The number of carbonyl (C=O) groups excluding carboxylic acids is 1. The lowest BCUT2D eigenvalue weighted by atomic mass is 9.99. The van der Waals surface area contributed by atoms with E-state index in [0.717, 1.165) is 51.4 Å². The fourth-order valence-corrected chi connectivity index (χ4v) is 10.0. The molecule has 1 aliphatic heterocycles. The van der Waals surface area contributed by atoms with Crippen LogP contribution in [-0.2, 0) is 14.3 Å². The van der Waals surface area contributed by atoms with Gasteiger partial charge in [-0.15, -0.1) is 0 Å². The summed E-state index contributed by atoms with van der Waals surface area (Å²) in [4.78, 5) is 13.1. The summed E-state index contributed by atoms with van der Waals surface area (Å²) >= 11 is 0. The van der Waals surface area contributed by atoms with Gasteiger partial charge in [0.1, 0.15) is 24.4 Å². The number of hydrogen-bond acceptors (Lipinski definition) is 8. The van der Waals surface area contributed by atoms with Gasteiger partial charge in [0.25, 0.3) is 0 Å². The van der Waals surface area contributed by atoms with Crippen molar-refractivity contribution in [2.75, 3.05) is 13.2 Å². The lowest BCUT2D eigenvalue weighted by Crippen LogP contribution is -2.60. The predicted octanol–water partition coefficient (Wildman–Crippen LogP) is 16.6. The van der Waals surface area contributed by atoms with Gasteiger partial charge in [0.15, 0.2) is 6.29 Å². The van der Waals surface area contributed by atoms with Crippen LogP contribution in [0.4, 0.5) is 0 Å². The van der Waals surface area contributed by atoms with Crippen molar-refractivity contribution in [1.82, 2.24) is 5.32 Å². The van der Waals surface area contributed by atoms with Crippen molar-refractivity contribution in [2.45, 2.75) is 339 Å². The van der Waals surface area contributed by atoms with Crippen molar-refractivity contribution in [2.24, 2.45) is 0 Å². The number of hydrogen-bond donors (Lipinski definition) is 6. The van der Waals surface area contributed by atoms with Crippen molar-refractivity contribution in [3.8, 4) is 0 Å². The SMILES string of the molecule is CCCCCCC/C=C\C/C=C\C/C=C\CCCCCCCCCCCCCCCCCCC(=O)NC(COC1OC(CO)C(O)C(O)C1O)C(O)/C=C/CC/C=C/CCCCCCCCCCCCCCCCC. The smallest absolute Gasteiger partial charge is 0.220 e. The first-order valence-electron chi connectivity index (χ1n) is 32.0. The number of allylic oxidation sites excluding steroid dienone is 9. The Labute approximate surface area is 462 Å². The van der Waals surface area contributed by atoms with E-state index in [2.05, 4.69) is 67.8 Å². The molecule has 6 N–H and O–H groups in total.